The Morgan fingerprint density at radius 2 is 2.05 bits per heavy atom. The third kappa shape index (κ3) is 2.17. The zero-order valence-corrected chi connectivity index (χ0v) is 11.7. The van der Waals surface area contributed by atoms with Gasteiger partial charge in [0.05, 0.1) is 23.7 Å². The molecular formula is C17H21NO. The summed E-state index contributed by atoms with van der Waals surface area (Å²) in [6, 6.07) is 11.3. The van der Waals surface area contributed by atoms with Crippen LogP contribution in [-0.4, -0.2) is 12.2 Å². The van der Waals surface area contributed by atoms with Crippen molar-refractivity contribution in [3.8, 4) is 6.07 Å². The zero-order chi connectivity index (χ0) is 13.5. The summed E-state index contributed by atoms with van der Waals surface area (Å²) < 4.78 is 5.89. The molecule has 2 saturated heterocycles. The van der Waals surface area contributed by atoms with Gasteiger partial charge in [0, 0.05) is 0 Å². The minimum atomic E-state index is -0.276. The molecule has 0 amide bonds. The van der Waals surface area contributed by atoms with Crippen molar-refractivity contribution in [2.45, 2.75) is 57.7 Å². The van der Waals surface area contributed by atoms with E-state index in [9.17, 15) is 5.26 Å². The largest absolute Gasteiger partial charge is 0.373 e. The van der Waals surface area contributed by atoms with Crippen molar-refractivity contribution in [1.82, 2.24) is 0 Å². The second kappa shape index (κ2) is 4.65. The average Bonchev–Trinajstić information content (AvgIpc) is 3.00. The Morgan fingerprint density at radius 3 is 2.53 bits per heavy atom. The number of hydrogen-bond donors (Lipinski definition) is 0. The van der Waals surface area contributed by atoms with Crippen molar-refractivity contribution in [2.75, 3.05) is 0 Å². The maximum Gasteiger partial charge on any atom is 0.0899 e. The molecule has 1 aromatic carbocycles. The van der Waals surface area contributed by atoms with Gasteiger partial charge in [0.15, 0.2) is 0 Å². The standard InChI is InChI=1S/C17H21NO/c1-12(2)14-5-3-13(4-6-14)9-17(11-18)10-15-7-8-16(17)19-15/h3-6,12,15-16H,7-10H2,1-2H3. The molecule has 1 aromatic rings. The summed E-state index contributed by atoms with van der Waals surface area (Å²) in [7, 11) is 0. The van der Waals surface area contributed by atoms with Crippen molar-refractivity contribution in [3.63, 3.8) is 0 Å². The van der Waals surface area contributed by atoms with E-state index in [0.717, 1.165) is 25.7 Å². The molecular weight excluding hydrogens is 234 g/mol. The number of nitriles is 1. The Kier molecular flexibility index (Phi) is 3.11. The van der Waals surface area contributed by atoms with Crippen molar-refractivity contribution in [2.24, 2.45) is 5.41 Å². The van der Waals surface area contributed by atoms with Gasteiger partial charge in [-0.05, 0) is 42.7 Å². The molecule has 3 atom stereocenters. The topological polar surface area (TPSA) is 33.0 Å². The Bertz CT molecular complexity index is 499. The normalized spacial score (nSPS) is 32.7. The predicted octanol–water partition coefficient (Wildman–Crippen LogP) is 3.81. The first-order valence-electron chi connectivity index (χ1n) is 7.28. The highest BCUT2D eigenvalue weighted by Crippen LogP contribution is 2.49. The Balaban J connectivity index is 1.79. The van der Waals surface area contributed by atoms with Crippen LogP contribution < -0.4 is 0 Å². The van der Waals surface area contributed by atoms with Crippen LogP contribution in [0.15, 0.2) is 24.3 Å². The molecule has 3 rings (SSSR count). The first kappa shape index (κ1) is 12.7. The van der Waals surface area contributed by atoms with Gasteiger partial charge in [-0.25, -0.2) is 0 Å². The molecule has 2 nitrogen and oxygen atoms in total. The second-order valence-corrected chi connectivity index (χ2v) is 6.37. The van der Waals surface area contributed by atoms with E-state index < -0.39 is 0 Å². The van der Waals surface area contributed by atoms with E-state index in [1.165, 1.54) is 11.1 Å². The fourth-order valence-corrected chi connectivity index (χ4v) is 3.53. The molecule has 2 aliphatic rings. The Morgan fingerprint density at radius 1 is 1.32 bits per heavy atom. The lowest BCUT2D eigenvalue weighted by molar-refractivity contribution is 0.0787. The van der Waals surface area contributed by atoms with E-state index in [-0.39, 0.29) is 11.5 Å². The Hall–Kier alpha value is -1.33. The molecule has 0 N–H and O–H groups in total. The lowest BCUT2D eigenvalue weighted by Gasteiger charge is -2.28. The van der Waals surface area contributed by atoms with E-state index in [4.69, 9.17) is 4.74 Å². The Labute approximate surface area is 115 Å². The summed E-state index contributed by atoms with van der Waals surface area (Å²) in [6.45, 7) is 4.41. The molecule has 0 saturated carbocycles. The van der Waals surface area contributed by atoms with Gasteiger partial charge in [0.2, 0.25) is 0 Å². The minimum absolute atomic E-state index is 0.160. The van der Waals surface area contributed by atoms with Gasteiger partial charge in [-0.2, -0.15) is 5.26 Å². The molecule has 0 aliphatic carbocycles. The summed E-state index contributed by atoms with van der Waals surface area (Å²) in [5.41, 5.74) is 2.35. The summed E-state index contributed by atoms with van der Waals surface area (Å²) >= 11 is 0. The smallest absolute Gasteiger partial charge is 0.0899 e. The summed E-state index contributed by atoms with van der Waals surface area (Å²) in [6.07, 6.45) is 4.44. The van der Waals surface area contributed by atoms with Crippen molar-refractivity contribution >= 4 is 0 Å². The number of rotatable bonds is 3. The minimum Gasteiger partial charge on any atom is -0.373 e. The quantitative estimate of drug-likeness (QED) is 0.822. The maximum atomic E-state index is 9.61. The lowest BCUT2D eigenvalue weighted by Crippen LogP contribution is -2.33. The monoisotopic (exact) mass is 255 g/mol. The first-order valence-corrected chi connectivity index (χ1v) is 7.28. The van der Waals surface area contributed by atoms with Crippen LogP contribution in [0.1, 0.15) is 50.2 Å². The fourth-order valence-electron chi connectivity index (χ4n) is 3.53. The highest BCUT2D eigenvalue weighted by Gasteiger charge is 2.52. The van der Waals surface area contributed by atoms with E-state index in [0.29, 0.717) is 12.0 Å². The highest BCUT2D eigenvalue weighted by molar-refractivity contribution is 5.28. The fraction of sp³-hybridized carbons (Fsp3) is 0.588. The van der Waals surface area contributed by atoms with E-state index in [1.54, 1.807) is 0 Å². The van der Waals surface area contributed by atoms with Gasteiger partial charge in [-0.3, -0.25) is 0 Å². The molecule has 2 aliphatic heterocycles. The molecule has 3 unspecified atom stereocenters. The van der Waals surface area contributed by atoms with Gasteiger partial charge in [0.1, 0.15) is 0 Å². The summed E-state index contributed by atoms with van der Waals surface area (Å²) in [4.78, 5) is 0. The van der Waals surface area contributed by atoms with Gasteiger partial charge in [-0.15, -0.1) is 0 Å². The van der Waals surface area contributed by atoms with E-state index in [1.807, 2.05) is 0 Å². The number of nitrogens with zero attached hydrogens (tertiary/aromatic N) is 1. The zero-order valence-electron chi connectivity index (χ0n) is 11.7. The van der Waals surface area contributed by atoms with E-state index in [2.05, 4.69) is 44.2 Å². The highest BCUT2D eigenvalue weighted by atomic mass is 16.5. The molecule has 0 radical (unpaired) electrons. The summed E-state index contributed by atoms with van der Waals surface area (Å²) in [5.74, 6) is 0.560. The van der Waals surface area contributed by atoms with Crippen LogP contribution in [0.5, 0.6) is 0 Å². The molecule has 19 heavy (non-hydrogen) atoms. The summed E-state index contributed by atoms with van der Waals surface area (Å²) in [5, 5.41) is 9.61. The van der Waals surface area contributed by atoms with Crippen LogP contribution in [0.3, 0.4) is 0 Å². The number of ether oxygens (including phenoxy) is 1. The van der Waals surface area contributed by atoms with Crippen LogP contribution in [0.2, 0.25) is 0 Å². The van der Waals surface area contributed by atoms with Crippen LogP contribution in [0, 0.1) is 16.7 Å². The lowest BCUT2D eigenvalue weighted by atomic mass is 9.71. The average molecular weight is 255 g/mol. The molecule has 2 fully saturated rings. The predicted molar refractivity (Wildman–Crippen MR) is 74.8 cm³/mol. The van der Waals surface area contributed by atoms with Crippen molar-refractivity contribution in [1.29, 1.82) is 5.26 Å². The number of benzene rings is 1. The third-order valence-electron chi connectivity index (χ3n) is 4.70. The molecule has 0 aromatic heterocycles. The van der Waals surface area contributed by atoms with Gasteiger partial charge < -0.3 is 4.74 Å². The molecule has 2 bridgehead atoms. The molecule has 100 valence electrons. The number of hydrogen-bond acceptors (Lipinski definition) is 2. The molecule has 0 spiro atoms. The van der Waals surface area contributed by atoms with Gasteiger partial charge in [-0.1, -0.05) is 38.1 Å². The van der Waals surface area contributed by atoms with Crippen molar-refractivity contribution < 1.29 is 4.74 Å². The van der Waals surface area contributed by atoms with Gasteiger partial charge in [0.25, 0.3) is 0 Å². The molecule has 2 heteroatoms. The van der Waals surface area contributed by atoms with Crippen LogP contribution in [0.25, 0.3) is 0 Å². The molecule has 2 heterocycles. The van der Waals surface area contributed by atoms with Crippen LogP contribution >= 0.6 is 0 Å². The maximum absolute atomic E-state index is 9.61. The first-order chi connectivity index (χ1) is 9.13. The SMILES string of the molecule is CC(C)c1ccc(CC2(C#N)CC3CCC2O3)cc1. The second-order valence-electron chi connectivity index (χ2n) is 6.37. The third-order valence-corrected chi connectivity index (χ3v) is 4.70. The van der Waals surface area contributed by atoms with Crippen molar-refractivity contribution in [3.05, 3.63) is 35.4 Å². The van der Waals surface area contributed by atoms with Gasteiger partial charge >= 0.3 is 0 Å². The number of fused-ring (bicyclic) bond motifs is 2. The van der Waals surface area contributed by atoms with E-state index >= 15 is 0 Å². The van der Waals surface area contributed by atoms with Crippen LogP contribution in [-0.2, 0) is 11.2 Å². The van der Waals surface area contributed by atoms with Crippen LogP contribution in [0.4, 0.5) is 0 Å².